The Bertz CT molecular complexity index is 260. The van der Waals surface area contributed by atoms with Crippen molar-refractivity contribution >= 4 is 11.8 Å². The number of rotatable bonds is 5. The summed E-state index contributed by atoms with van der Waals surface area (Å²) in [7, 11) is 0. The van der Waals surface area contributed by atoms with E-state index in [9.17, 15) is 0 Å². The maximum absolute atomic E-state index is 3.78. The normalized spacial score (nSPS) is 27.8. The van der Waals surface area contributed by atoms with Gasteiger partial charge in [-0.2, -0.15) is 11.8 Å². The van der Waals surface area contributed by atoms with Crippen LogP contribution in [-0.4, -0.2) is 48.1 Å². The van der Waals surface area contributed by atoms with E-state index >= 15 is 0 Å². The zero-order valence-electron chi connectivity index (χ0n) is 14.0. The Labute approximate surface area is 125 Å². The molecule has 0 aliphatic carbocycles. The van der Waals surface area contributed by atoms with Crippen molar-refractivity contribution in [2.24, 2.45) is 11.3 Å². The highest BCUT2D eigenvalue weighted by atomic mass is 32.2. The van der Waals surface area contributed by atoms with Crippen LogP contribution in [0.4, 0.5) is 0 Å². The largest absolute Gasteiger partial charge is 0.311 e. The molecule has 1 aliphatic heterocycles. The van der Waals surface area contributed by atoms with E-state index in [1.54, 1.807) is 0 Å². The first-order valence-electron chi connectivity index (χ1n) is 7.76. The molecule has 0 aromatic heterocycles. The highest BCUT2D eigenvalue weighted by Crippen LogP contribution is 2.26. The second-order valence-corrected chi connectivity index (χ2v) is 8.74. The van der Waals surface area contributed by atoms with Crippen LogP contribution in [0.3, 0.4) is 0 Å². The SMILES string of the molecule is CSC(C)CCN1CC(C(C)(C)C)NCC1C(C)C. The topological polar surface area (TPSA) is 15.3 Å². The molecule has 1 rings (SSSR count). The molecule has 0 amide bonds. The van der Waals surface area contributed by atoms with Gasteiger partial charge in [0.15, 0.2) is 0 Å². The molecule has 1 aliphatic rings. The van der Waals surface area contributed by atoms with Gasteiger partial charge in [-0.15, -0.1) is 0 Å². The van der Waals surface area contributed by atoms with Crippen LogP contribution in [0.15, 0.2) is 0 Å². The molecule has 0 aromatic carbocycles. The van der Waals surface area contributed by atoms with Gasteiger partial charge in [-0.3, -0.25) is 4.90 Å². The van der Waals surface area contributed by atoms with Crippen molar-refractivity contribution in [3.05, 3.63) is 0 Å². The van der Waals surface area contributed by atoms with Crippen LogP contribution in [0.25, 0.3) is 0 Å². The predicted molar refractivity (Wildman–Crippen MR) is 89.0 cm³/mol. The molecule has 2 nitrogen and oxygen atoms in total. The highest BCUT2D eigenvalue weighted by molar-refractivity contribution is 7.99. The van der Waals surface area contributed by atoms with Gasteiger partial charge in [-0.1, -0.05) is 41.5 Å². The van der Waals surface area contributed by atoms with Gasteiger partial charge in [0.25, 0.3) is 0 Å². The first-order chi connectivity index (χ1) is 8.75. The molecule has 3 unspecified atom stereocenters. The average molecular weight is 287 g/mol. The third-order valence-corrected chi connectivity index (χ3v) is 5.54. The molecule has 0 spiro atoms. The van der Waals surface area contributed by atoms with Crippen molar-refractivity contribution < 1.29 is 0 Å². The lowest BCUT2D eigenvalue weighted by atomic mass is 9.83. The molecule has 3 heteroatoms. The minimum absolute atomic E-state index is 0.353. The Morgan fingerprint density at radius 1 is 1.26 bits per heavy atom. The lowest BCUT2D eigenvalue weighted by molar-refractivity contribution is 0.0626. The van der Waals surface area contributed by atoms with Crippen LogP contribution in [0, 0.1) is 11.3 Å². The maximum atomic E-state index is 3.78. The van der Waals surface area contributed by atoms with E-state index in [4.69, 9.17) is 0 Å². The van der Waals surface area contributed by atoms with E-state index in [1.807, 2.05) is 11.8 Å². The zero-order chi connectivity index (χ0) is 14.6. The summed E-state index contributed by atoms with van der Waals surface area (Å²) >= 11 is 1.99. The lowest BCUT2D eigenvalue weighted by Crippen LogP contribution is -2.61. The number of hydrogen-bond acceptors (Lipinski definition) is 3. The molecule has 0 aromatic rings. The number of nitrogens with one attached hydrogen (secondary N) is 1. The van der Waals surface area contributed by atoms with Crippen molar-refractivity contribution in [2.45, 2.75) is 65.3 Å². The minimum Gasteiger partial charge on any atom is -0.311 e. The Hall–Kier alpha value is 0.270. The van der Waals surface area contributed by atoms with E-state index in [0.717, 1.165) is 17.7 Å². The zero-order valence-corrected chi connectivity index (χ0v) is 14.8. The fourth-order valence-electron chi connectivity index (χ4n) is 2.79. The van der Waals surface area contributed by atoms with Crippen molar-refractivity contribution in [1.82, 2.24) is 10.2 Å². The van der Waals surface area contributed by atoms with Gasteiger partial charge in [-0.05, 0) is 30.6 Å². The van der Waals surface area contributed by atoms with Gasteiger partial charge >= 0.3 is 0 Å². The number of piperazine rings is 1. The van der Waals surface area contributed by atoms with E-state index in [-0.39, 0.29) is 0 Å². The molecule has 0 bridgehead atoms. The molecule has 1 saturated heterocycles. The maximum Gasteiger partial charge on any atom is 0.0244 e. The molecule has 114 valence electrons. The van der Waals surface area contributed by atoms with Crippen LogP contribution in [-0.2, 0) is 0 Å². The van der Waals surface area contributed by atoms with Crippen LogP contribution < -0.4 is 5.32 Å². The number of thioether (sulfide) groups is 1. The van der Waals surface area contributed by atoms with Crippen LogP contribution in [0.5, 0.6) is 0 Å². The molecular weight excluding hydrogens is 252 g/mol. The summed E-state index contributed by atoms with van der Waals surface area (Å²) in [4.78, 5) is 2.74. The standard InChI is InChI=1S/C16H34N2S/c1-12(2)14-10-17-15(16(4,5)6)11-18(14)9-8-13(3)19-7/h12-15,17H,8-11H2,1-7H3. The van der Waals surface area contributed by atoms with Gasteiger partial charge in [0, 0.05) is 30.4 Å². The van der Waals surface area contributed by atoms with E-state index < -0.39 is 0 Å². The monoisotopic (exact) mass is 286 g/mol. The number of nitrogens with zero attached hydrogens (tertiary/aromatic N) is 1. The summed E-state index contributed by atoms with van der Waals surface area (Å²) < 4.78 is 0. The molecule has 0 radical (unpaired) electrons. The summed E-state index contributed by atoms with van der Waals surface area (Å²) in [5.74, 6) is 0.734. The van der Waals surface area contributed by atoms with E-state index in [0.29, 0.717) is 17.5 Å². The molecule has 1 heterocycles. The third-order valence-electron chi connectivity index (χ3n) is 4.50. The highest BCUT2D eigenvalue weighted by Gasteiger charge is 2.34. The van der Waals surface area contributed by atoms with Crippen molar-refractivity contribution in [2.75, 3.05) is 25.9 Å². The number of hydrogen-bond donors (Lipinski definition) is 1. The fourth-order valence-corrected chi connectivity index (χ4v) is 3.13. The Morgan fingerprint density at radius 2 is 1.89 bits per heavy atom. The summed E-state index contributed by atoms with van der Waals surface area (Å²) in [5, 5.41) is 4.55. The molecular formula is C16H34N2S. The molecule has 1 fully saturated rings. The van der Waals surface area contributed by atoms with Crippen LogP contribution >= 0.6 is 11.8 Å². The summed E-state index contributed by atoms with van der Waals surface area (Å²) in [5.41, 5.74) is 0.353. The Morgan fingerprint density at radius 3 is 2.37 bits per heavy atom. The van der Waals surface area contributed by atoms with Crippen molar-refractivity contribution in [3.8, 4) is 0 Å². The van der Waals surface area contributed by atoms with Crippen LogP contribution in [0.2, 0.25) is 0 Å². The Balaban J connectivity index is 2.63. The second kappa shape index (κ2) is 7.33. The van der Waals surface area contributed by atoms with E-state index in [2.05, 4.69) is 58.0 Å². The van der Waals surface area contributed by atoms with Gasteiger partial charge in [0.1, 0.15) is 0 Å². The molecule has 0 saturated carbocycles. The van der Waals surface area contributed by atoms with Crippen LogP contribution in [0.1, 0.15) is 48.0 Å². The minimum atomic E-state index is 0.353. The molecule has 19 heavy (non-hydrogen) atoms. The third kappa shape index (κ3) is 5.28. The van der Waals surface area contributed by atoms with Gasteiger partial charge < -0.3 is 5.32 Å². The van der Waals surface area contributed by atoms with Gasteiger partial charge in [-0.25, -0.2) is 0 Å². The summed E-state index contributed by atoms with van der Waals surface area (Å²) in [6.45, 7) is 17.7. The molecule has 1 N–H and O–H groups in total. The first-order valence-corrected chi connectivity index (χ1v) is 9.04. The van der Waals surface area contributed by atoms with Gasteiger partial charge in [0.05, 0.1) is 0 Å². The van der Waals surface area contributed by atoms with E-state index in [1.165, 1.54) is 19.5 Å². The summed E-state index contributed by atoms with van der Waals surface area (Å²) in [6.07, 6.45) is 3.53. The predicted octanol–water partition coefficient (Wildman–Crippen LogP) is 3.47. The molecule has 3 atom stereocenters. The summed E-state index contributed by atoms with van der Waals surface area (Å²) in [6, 6.07) is 1.32. The van der Waals surface area contributed by atoms with Crippen molar-refractivity contribution in [1.29, 1.82) is 0 Å². The Kier molecular flexibility index (Phi) is 6.68. The lowest BCUT2D eigenvalue weighted by Gasteiger charge is -2.46. The van der Waals surface area contributed by atoms with Crippen molar-refractivity contribution in [3.63, 3.8) is 0 Å². The first kappa shape index (κ1) is 17.3. The average Bonchev–Trinajstić information content (AvgIpc) is 2.34. The quantitative estimate of drug-likeness (QED) is 0.833. The van der Waals surface area contributed by atoms with Gasteiger partial charge in [0.2, 0.25) is 0 Å². The smallest absolute Gasteiger partial charge is 0.0244 e. The fraction of sp³-hybridized carbons (Fsp3) is 1.00. The second-order valence-electron chi connectivity index (χ2n) is 7.47.